The third-order valence-corrected chi connectivity index (χ3v) is 4.92. The van der Waals surface area contributed by atoms with Crippen LogP contribution in [0.1, 0.15) is 25.1 Å². The minimum absolute atomic E-state index is 0.804. The van der Waals surface area contributed by atoms with Gasteiger partial charge < -0.3 is 9.64 Å². The molecule has 1 fully saturated rings. The Kier molecular flexibility index (Phi) is 7.28. The summed E-state index contributed by atoms with van der Waals surface area (Å²) >= 11 is 0. The molecule has 0 saturated carbocycles. The fourth-order valence-electron chi connectivity index (χ4n) is 3.22. The van der Waals surface area contributed by atoms with Gasteiger partial charge in [-0.1, -0.05) is 24.3 Å². The third-order valence-electron chi connectivity index (χ3n) is 4.92. The van der Waals surface area contributed by atoms with E-state index in [0.29, 0.717) is 0 Å². The van der Waals surface area contributed by atoms with E-state index in [2.05, 4.69) is 56.2 Å². The first kappa shape index (κ1) is 20.2. The number of hydrogen-bond acceptors (Lipinski definition) is 5. The fourth-order valence-corrected chi connectivity index (χ4v) is 3.22. The zero-order chi connectivity index (χ0) is 19.8. The van der Waals surface area contributed by atoms with Gasteiger partial charge in [-0.05, 0) is 44.5 Å². The summed E-state index contributed by atoms with van der Waals surface area (Å²) in [5, 5.41) is 8.96. The van der Waals surface area contributed by atoms with Gasteiger partial charge in [-0.15, -0.1) is 5.10 Å². The Balaban J connectivity index is 1.79. The van der Waals surface area contributed by atoms with Crippen LogP contribution in [0.25, 0.3) is 0 Å². The van der Waals surface area contributed by atoms with Crippen LogP contribution in [0.15, 0.2) is 58.9 Å². The number of rotatable bonds is 6. The van der Waals surface area contributed by atoms with Crippen molar-refractivity contribution in [2.75, 3.05) is 44.3 Å². The highest BCUT2D eigenvalue weighted by Gasteiger charge is 2.16. The van der Waals surface area contributed by atoms with Gasteiger partial charge in [-0.2, -0.15) is 5.10 Å². The predicted molar refractivity (Wildman–Crippen MR) is 115 cm³/mol. The lowest BCUT2D eigenvalue weighted by molar-refractivity contribution is 0.0394. The second kappa shape index (κ2) is 10.1. The molecule has 1 aliphatic heterocycles. The molecule has 6 heteroatoms. The molecule has 0 spiro atoms. The van der Waals surface area contributed by atoms with E-state index in [-0.39, 0.29) is 0 Å². The van der Waals surface area contributed by atoms with Gasteiger partial charge in [0.25, 0.3) is 0 Å². The minimum atomic E-state index is 0.804. The van der Waals surface area contributed by atoms with Crippen LogP contribution in [0.5, 0.6) is 0 Å². The molecule has 1 saturated heterocycles. The number of para-hydroxylation sites is 1. The summed E-state index contributed by atoms with van der Waals surface area (Å²) in [6.45, 7) is 11.5. The van der Waals surface area contributed by atoms with E-state index >= 15 is 0 Å². The van der Waals surface area contributed by atoms with Gasteiger partial charge in [0.1, 0.15) is 5.84 Å². The van der Waals surface area contributed by atoms with Crippen molar-refractivity contribution in [3.63, 3.8) is 0 Å². The Morgan fingerprint density at radius 3 is 2.54 bits per heavy atom. The molecule has 148 valence electrons. The normalized spacial score (nSPS) is 16.2. The first-order valence-electron chi connectivity index (χ1n) is 9.78. The lowest BCUT2D eigenvalue weighted by Gasteiger charge is -2.31. The molecular formula is C22H29N5O. The molecule has 0 atom stereocenters. The zero-order valence-electron chi connectivity index (χ0n) is 17.0. The van der Waals surface area contributed by atoms with Gasteiger partial charge in [0.15, 0.2) is 0 Å². The largest absolute Gasteiger partial charge is 0.379 e. The van der Waals surface area contributed by atoms with Crippen molar-refractivity contribution in [1.29, 1.82) is 0 Å². The van der Waals surface area contributed by atoms with Crippen LogP contribution >= 0.6 is 0 Å². The van der Waals surface area contributed by atoms with E-state index in [0.717, 1.165) is 56.6 Å². The quantitative estimate of drug-likeness (QED) is 0.439. The number of pyridine rings is 1. The van der Waals surface area contributed by atoms with Gasteiger partial charge >= 0.3 is 0 Å². The minimum Gasteiger partial charge on any atom is -0.379 e. The molecule has 0 aliphatic carbocycles. The second-order valence-electron chi connectivity index (χ2n) is 6.94. The summed E-state index contributed by atoms with van der Waals surface area (Å²) in [5.74, 6) is 0.873. The smallest absolute Gasteiger partial charge is 0.128 e. The van der Waals surface area contributed by atoms with Gasteiger partial charge in [-0.25, -0.2) is 0 Å². The Morgan fingerprint density at radius 2 is 1.82 bits per heavy atom. The van der Waals surface area contributed by atoms with Gasteiger partial charge in [0, 0.05) is 38.1 Å². The molecular weight excluding hydrogens is 350 g/mol. The van der Waals surface area contributed by atoms with E-state index in [1.165, 1.54) is 11.3 Å². The molecule has 0 radical (unpaired) electrons. The van der Waals surface area contributed by atoms with Crippen LogP contribution in [0, 0.1) is 6.92 Å². The SMILES string of the molecule is C/C(=N/N=C(\C)c1ccccn1)N(CCN1CCOCC1)c1ccccc1C. The summed E-state index contributed by atoms with van der Waals surface area (Å²) in [4.78, 5) is 9.02. The predicted octanol–water partition coefficient (Wildman–Crippen LogP) is 3.37. The molecule has 1 aliphatic rings. The molecule has 0 unspecified atom stereocenters. The zero-order valence-corrected chi connectivity index (χ0v) is 17.0. The van der Waals surface area contributed by atoms with Gasteiger partial charge in [0.2, 0.25) is 0 Å². The first-order valence-corrected chi connectivity index (χ1v) is 9.78. The number of ether oxygens (including phenoxy) is 1. The lowest BCUT2D eigenvalue weighted by atomic mass is 10.1. The highest BCUT2D eigenvalue weighted by Crippen LogP contribution is 2.20. The van der Waals surface area contributed by atoms with E-state index in [9.17, 15) is 0 Å². The maximum absolute atomic E-state index is 5.46. The molecule has 6 nitrogen and oxygen atoms in total. The number of benzene rings is 1. The van der Waals surface area contributed by atoms with E-state index in [4.69, 9.17) is 4.74 Å². The first-order chi connectivity index (χ1) is 13.6. The van der Waals surface area contributed by atoms with E-state index < -0.39 is 0 Å². The molecule has 1 aromatic heterocycles. The number of hydrogen-bond donors (Lipinski definition) is 0. The van der Waals surface area contributed by atoms with Crippen LogP contribution in [0.4, 0.5) is 5.69 Å². The van der Waals surface area contributed by atoms with Crippen molar-refractivity contribution in [3.8, 4) is 0 Å². The van der Waals surface area contributed by atoms with Crippen LogP contribution in [0.3, 0.4) is 0 Å². The summed E-state index contributed by atoms with van der Waals surface area (Å²) in [6.07, 6.45) is 1.77. The van der Waals surface area contributed by atoms with Crippen LogP contribution in [0.2, 0.25) is 0 Å². The fraction of sp³-hybridized carbons (Fsp3) is 0.409. The highest BCUT2D eigenvalue weighted by atomic mass is 16.5. The van der Waals surface area contributed by atoms with Crippen molar-refractivity contribution in [2.24, 2.45) is 10.2 Å². The standard InChI is InChI=1S/C22H29N5O/c1-18-8-4-5-10-22(18)27(13-12-26-14-16-28-17-15-26)20(3)25-24-19(2)21-9-6-7-11-23-21/h4-11H,12-17H2,1-3H3/b24-19+,25-20-. The van der Waals surface area contributed by atoms with E-state index in [1.54, 1.807) is 6.20 Å². The maximum Gasteiger partial charge on any atom is 0.128 e. The molecule has 2 heterocycles. The molecule has 0 bridgehead atoms. The monoisotopic (exact) mass is 379 g/mol. The van der Waals surface area contributed by atoms with Crippen LogP contribution in [-0.2, 0) is 4.74 Å². The summed E-state index contributed by atoms with van der Waals surface area (Å²) in [6, 6.07) is 14.2. The summed E-state index contributed by atoms with van der Waals surface area (Å²) in [7, 11) is 0. The Hall–Kier alpha value is -2.57. The maximum atomic E-state index is 5.46. The average Bonchev–Trinajstić information content (AvgIpc) is 2.74. The van der Waals surface area contributed by atoms with Gasteiger partial charge in [0.05, 0.1) is 24.6 Å². The summed E-state index contributed by atoms with van der Waals surface area (Å²) in [5.41, 5.74) is 4.04. The Labute approximate surface area is 167 Å². The molecule has 3 rings (SSSR count). The molecule has 1 aromatic carbocycles. The number of anilines is 1. The molecule has 28 heavy (non-hydrogen) atoms. The van der Waals surface area contributed by atoms with Crippen LogP contribution < -0.4 is 4.90 Å². The Bertz CT molecular complexity index is 813. The molecule has 0 N–H and O–H groups in total. The number of aryl methyl sites for hydroxylation is 1. The number of morpholine rings is 1. The van der Waals surface area contributed by atoms with Crippen molar-refractivity contribution < 1.29 is 4.74 Å². The van der Waals surface area contributed by atoms with Crippen molar-refractivity contribution in [1.82, 2.24) is 9.88 Å². The second-order valence-corrected chi connectivity index (χ2v) is 6.94. The van der Waals surface area contributed by atoms with E-state index in [1.807, 2.05) is 32.0 Å². The number of nitrogens with zero attached hydrogens (tertiary/aromatic N) is 5. The molecule has 2 aromatic rings. The topological polar surface area (TPSA) is 53.3 Å². The number of aromatic nitrogens is 1. The van der Waals surface area contributed by atoms with Gasteiger partial charge in [-0.3, -0.25) is 9.88 Å². The third kappa shape index (κ3) is 5.47. The molecule has 0 amide bonds. The van der Waals surface area contributed by atoms with Crippen molar-refractivity contribution >= 4 is 17.2 Å². The lowest BCUT2D eigenvalue weighted by Crippen LogP contribution is -2.42. The van der Waals surface area contributed by atoms with Crippen molar-refractivity contribution in [3.05, 3.63) is 59.9 Å². The number of amidine groups is 1. The van der Waals surface area contributed by atoms with Crippen molar-refractivity contribution in [2.45, 2.75) is 20.8 Å². The Morgan fingerprint density at radius 1 is 1.07 bits per heavy atom. The average molecular weight is 380 g/mol. The summed E-state index contributed by atoms with van der Waals surface area (Å²) < 4.78 is 5.46. The van der Waals surface area contributed by atoms with Crippen LogP contribution in [-0.4, -0.2) is 60.8 Å². The highest BCUT2D eigenvalue weighted by molar-refractivity contribution is 5.99.